The monoisotopic (exact) mass is 290 g/mol. The van der Waals surface area contributed by atoms with Gasteiger partial charge in [-0.05, 0) is 30.4 Å². The standard InChI is InChI=1S/C15H21F3O2/c1-11(2)7-14(9-19,10-20)8-12-4-3-5-13(6-12)15(16,17)18/h3-6,11,19-20H,7-10H2,1-2H3. The lowest BCUT2D eigenvalue weighted by Gasteiger charge is -2.32. The molecule has 114 valence electrons. The summed E-state index contributed by atoms with van der Waals surface area (Å²) in [5.41, 5.74) is -1.01. The number of benzene rings is 1. The maximum atomic E-state index is 12.7. The summed E-state index contributed by atoms with van der Waals surface area (Å²) >= 11 is 0. The molecule has 2 nitrogen and oxygen atoms in total. The fourth-order valence-electron chi connectivity index (χ4n) is 2.52. The van der Waals surface area contributed by atoms with Gasteiger partial charge in [-0.1, -0.05) is 32.0 Å². The number of aliphatic hydroxyl groups is 2. The summed E-state index contributed by atoms with van der Waals surface area (Å²) in [5.74, 6) is 0.236. The molecule has 1 rings (SSSR count). The summed E-state index contributed by atoms with van der Waals surface area (Å²) < 4.78 is 38.0. The maximum Gasteiger partial charge on any atom is 0.416 e. The molecule has 0 aliphatic heterocycles. The van der Waals surface area contributed by atoms with Gasteiger partial charge in [0.1, 0.15) is 0 Å². The van der Waals surface area contributed by atoms with Crippen LogP contribution in [0.3, 0.4) is 0 Å². The highest BCUT2D eigenvalue weighted by Crippen LogP contribution is 2.33. The molecule has 5 heteroatoms. The van der Waals surface area contributed by atoms with Crippen LogP contribution < -0.4 is 0 Å². The minimum absolute atomic E-state index is 0.224. The first-order valence-electron chi connectivity index (χ1n) is 6.60. The first-order chi connectivity index (χ1) is 9.22. The predicted molar refractivity (Wildman–Crippen MR) is 71.2 cm³/mol. The van der Waals surface area contributed by atoms with Crippen molar-refractivity contribution in [3.63, 3.8) is 0 Å². The van der Waals surface area contributed by atoms with Crippen LogP contribution in [0.5, 0.6) is 0 Å². The molecule has 0 atom stereocenters. The highest BCUT2D eigenvalue weighted by atomic mass is 19.4. The highest BCUT2D eigenvalue weighted by Gasteiger charge is 2.33. The van der Waals surface area contributed by atoms with E-state index >= 15 is 0 Å². The molecule has 0 aliphatic carbocycles. The Morgan fingerprint density at radius 2 is 1.70 bits per heavy atom. The number of alkyl halides is 3. The molecule has 0 saturated heterocycles. The second-order valence-electron chi connectivity index (χ2n) is 5.79. The largest absolute Gasteiger partial charge is 0.416 e. The molecule has 0 spiro atoms. The Balaban J connectivity index is 3.00. The first kappa shape index (κ1) is 17.0. The number of hydrogen-bond donors (Lipinski definition) is 2. The van der Waals surface area contributed by atoms with Crippen molar-refractivity contribution in [2.24, 2.45) is 11.3 Å². The van der Waals surface area contributed by atoms with Crippen LogP contribution in [0.2, 0.25) is 0 Å². The average Bonchev–Trinajstić information content (AvgIpc) is 2.36. The Kier molecular flexibility index (Phi) is 5.59. The lowest BCUT2D eigenvalue weighted by atomic mass is 9.76. The van der Waals surface area contributed by atoms with E-state index in [1.54, 1.807) is 6.07 Å². The molecular formula is C15H21F3O2. The van der Waals surface area contributed by atoms with Crippen molar-refractivity contribution in [2.75, 3.05) is 13.2 Å². The van der Waals surface area contributed by atoms with Crippen molar-refractivity contribution in [3.05, 3.63) is 35.4 Å². The molecule has 0 fully saturated rings. The van der Waals surface area contributed by atoms with E-state index in [9.17, 15) is 23.4 Å². The van der Waals surface area contributed by atoms with Crippen LogP contribution in [-0.4, -0.2) is 23.4 Å². The topological polar surface area (TPSA) is 40.5 Å². The lowest BCUT2D eigenvalue weighted by Crippen LogP contribution is -2.34. The van der Waals surface area contributed by atoms with E-state index < -0.39 is 17.2 Å². The molecule has 0 radical (unpaired) electrons. The third-order valence-corrected chi connectivity index (χ3v) is 3.35. The van der Waals surface area contributed by atoms with Gasteiger partial charge in [-0.3, -0.25) is 0 Å². The molecule has 20 heavy (non-hydrogen) atoms. The summed E-state index contributed by atoms with van der Waals surface area (Å²) in [4.78, 5) is 0. The van der Waals surface area contributed by atoms with Gasteiger partial charge in [-0.2, -0.15) is 13.2 Å². The van der Waals surface area contributed by atoms with E-state index in [0.29, 0.717) is 12.0 Å². The normalized spacial score (nSPS) is 13.0. The molecule has 0 amide bonds. The molecule has 0 aliphatic rings. The maximum absolute atomic E-state index is 12.7. The van der Waals surface area contributed by atoms with Gasteiger partial charge in [-0.25, -0.2) is 0 Å². The Morgan fingerprint density at radius 1 is 1.10 bits per heavy atom. The average molecular weight is 290 g/mol. The molecular weight excluding hydrogens is 269 g/mol. The van der Waals surface area contributed by atoms with E-state index in [0.717, 1.165) is 12.1 Å². The zero-order chi connectivity index (χ0) is 15.4. The smallest absolute Gasteiger partial charge is 0.396 e. The number of hydrogen-bond acceptors (Lipinski definition) is 2. The summed E-state index contributed by atoms with van der Waals surface area (Å²) in [6.07, 6.45) is -3.60. The Labute approximate surface area is 117 Å². The third kappa shape index (κ3) is 4.49. The quantitative estimate of drug-likeness (QED) is 0.844. The van der Waals surface area contributed by atoms with Crippen LogP contribution in [0.15, 0.2) is 24.3 Å². The van der Waals surface area contributed by atoms with Gasteiger partial charge in [0.25, 0.3) is 0 Å². The fraction of sp³-hybridized carbons (Fsp3) is 0.600. The van der Waals surface area contributed by atoms with E-state index in [-0.39, 0.29) is 25.6 Å². The number of rotatable bonds is 6. The van der Waals surface area contributed by atoms with Gasteiger partial charge < -0.3 is 10.2 Å². The van der Waals surface area contributed by atoms with Crippen LogP contribution in [0, 0.1) is 11.3 Å². The van der Waals surface area contributed by atoms with Crippen molar-refractivity contribution < 1.29 is 23.4 Å². The van der Waals surface area contributed by atoms with E-state index in [1.165, 1.54) is 6.07 Å². The second-order valence-corrected chi connectivity index (χ2v) is 5.79. The highest BCUT2D eigenvalue weighted by molar-refractivity contribution is 5.26. The molecule has 1 aromatic carbocycles. The minimum atomic E-state index is -4.38. The minimum Gasteiger partial charge on any atom is -0.396 e. The SMILES string of the molecule is CC(C)CC(CO)(CO)Cc1cccc(C(F)(F)F)c1. The summed E-state index contributed by atoms with van der Waals surface area (Å²) in [7, 11) is 0. The Hall–Kier alpha value is -1.07. The molecule has 0 heterocycles. The number of halogens is 3. The van der Waals surface area contributed by atoms with Gasteiger partial charge in [0.2, 0.25) is 0 Å². The fourth-order valence-corrected chi connectivity index (χ4v) is 2.52. The molecule has 1 aromatic rings. The Bertz CT molecular complexity index is 423. The summed E-state index contributed by atoms with van der Waals surface area (Å²) in [5, 5.41) is 19.1. The zero-order valence-corrected chi connectivity index (χ0v) is 11.7. The number of aliphatic hydroxyl groups excluding tert-OH is 2. The van der Waals surface area contributed by atoms with Crippen LogP contribution in [0.25, 0.3) is 0 Å². The van der Waals surface area contributed by atoms with E-state index in [2.05, 4.69) is 0 Å². The van der Waals surface area contributed by atoms with Crippen LogP contribution in [-0.2, 0) is 12.6 Å². The van der Waals surface area contributed by atoms with Gasteiger partial charge in [0.05, 0.1) is 18.8 Å². The van der Waals surface area contributed by atoms with Gasteiger partial charge in [0, 0.05) is 5.41 Å². The summed E-state index contributed by atoms with van der Waals surface area (Å²) in [6, 6.07) is 5.05. The van der Waals surface area contributed by atoms with Gasteiger partial charge in [0.15, 0.2) is 0 Å². The second kappa shape index (κ2) is 6.59. The van der Waals surface area contributed by atoms with Crippen molar-refractivity contribution in [1.29, 1.82) is 0 Å². The summed E-state index contributed by atoms with van der Waals surface area (Å²) in [6.45, 7) is 3.40. The van der Waals surface area contributed by atoms with Gasteiger partial charge >= 0.3 is 6.18 Å². The Morgan fingerprint density at radius 3 is 2.15 bits per heavy atom. The van der Waals surface area contributed by atoms with Crippen molar-refractivity contribution in [2.45, 2.75) is 32.9 Å². The molecule has 0 bridgehead atoms. The molecule has 0 saturated carbocycles. The molecule has 0 unspecified atom stereocenters. The van der Waals surface area contributed by atoms with Crippen molar-refractivity contribution in [3.8, 4) is 0 Å². The van der Waals surface area contributed by atoms with Crippen LogP contribution in [0.4, 0.5) is 13.2 Å². The first-order valence-corrected chi connectivity index (χ1v) is 6.60. The molecule has 2 N–H and O–H groups in total. The lowest BCUT2D eigenvalue weighted by molar-refractivity contribution is -0.137. The zero-order valence-electron chi connectivity index (χ0n) is 11.7. The van der Waals surface area contributed by atoms with E-state index in [4.69, 9.17) is 0 Å². The van der Waals surface area contributed by atoms with Crippen LogP contribution in [0.1, 0.15) is 31.4 Å². The molecule has 0 aromatic heterocycles. The van der Waals surface area contributed by atoms with Gasteiger partial charge in [-0.15, -0.1) is 0 Å². The third-order valence-electron chi connectivity index (χ3n) is 3.35. The van der Waals surface area contributed by atoms with E-state index in [1.807, 2.05) is 13.8 Å². The van der Waals surface area contributed by atoms with Crippen molar-refractivity contribution >= 4 is 0 Å². The van der Waals surface area contributed by atoms with Crippen LogP contribution >= 0.6 is 0 Å². The van der Waals surface area contributed by atoms with Crippen molar-refractivity contribution in [1.82, 2.24) is 0 Å². The predicted octanol–water partition coefficient (Wildman–Crippen LogP) is 3.27.